The Kier molecular flexibility index (Phi) is 3.02. The molecule has 0 fully saturated rings. The zero-order chi connectivity index (χ0) is 12.6. The minimum absolute atomic E-state index is 0.0438. The van der Waals surface area contributed by atoms with E-state index < -0.39 is 0 Å². The fourth-order valence-corrected chi connectivity index (χ4v) is 1.93. The van der Waals surface area contributed by atoms with Crippen molar-refractivity contribution in [2.24, 2.45) is 12.8 Å². The Bertz CT molecular complexity index is 507. The predicted octanol–water partition coefficient (Wildman–Crippen LogP) is 1.75. The predicted molar refractivity (Wildman–Crippen MR) is 67.0 cm³/mol. The van der Waals surface area contributed by atoms with E-state index in [-0.39, 0.29) is 6.04 Å². The molecule has 2 heterocycles. The lowest BCUT2D eigenvalue weighted by Gasteiger charge is -2.11. The highest BCUT2D eigenvalue weighted by atomic mass is 15.3. The summed E-state index contributed by atoms with van der Waals surface area (Å²) < 4.78 is 3.85. The third-order valence-corrected chi connectivity index (χ3v) is 2.78. The van der Waals surface area contributed by atoms with Crippen molar-refractivity contribution in [3.05, 3.63) is 30.1 Å². The standard InChI is InChI=1S/C12H19N5/c1-8(2)12-11(6-16(4)15-12)17-7-14-5-10(17)9(3)13/h5-9H,13H2,1-4H3/t9-/m1/s1. The lowest BCUT2D eigenvalue weighted by Crippen LogP contribution is -2.11. The molecule has 5 nitrogen and oxygen atoms in total. The average molecular weight is 233 g/mol. The van der Waals surface area contributed by atoms with E-state index in [0.29, 0.717) is 5.92 Å². The van der Waals surface area contributed by atoms with Crippen molar-refractivity contribution in [2.75, 3.05) is 0 Å². The van der Waals surface area contributed by atoms with Crippen LogP contribution in [0.5, 0.6) is 0 Å². The summed E-state index contributed by atoms with van der Waals surface area (Å²) in [5.74, 6) is 0.370. The van der Waals surface area contributed by atoms with Crippen molar-refractivity contribution in [3.8, 4) is 5.69 Å². The van der Waals surface area contributed by atoms with Crippen LogP contribution in [0.1, 0.15) is 44.1 Å². The van der Waals surface area contributed by atoms with Crippen molar-refractivity contribution in [3.63, 3.8) is 0 Å². The van der Waals surface area contributed by atoms with Crippen LogP contribution in [-0.4, -0.2) is 19.3 Å². The van der Waals surface area contributed by atoms with Gasteiger partial charge < -0.3 is 5.73 Å². The first-order valence-electron chi connectivity index (χ1n) is 5.82. The zero-order valence-electron chi connectivity index (χ0n) is 10.8. The Hall–Kier alpha value is -1.62. The molecule has 2 aromatic rings. The van der Waals surface area contributed by atoms with Gasteiger partial charge in [-0.3, -0.25) is 9.25 Å². The molecule has 0 radical (unpaired) electrons. The Morgan fingerprint density at radius 3 is 2.59 bits per heavy atom. The molecule has 0 aromatic carbocycles. The highest BCUT2D eigenvalue weighted by molar-refractivity contribution is 5.38. The molecule has 0 aliphatic heterocycles. The van der Waals surface area contributed by atoms with Crippen LogP contribution in [0.2, 0.25) is 0 Å². The molecule has 0 amide bonds. The van der Waals surface area contributed by atoms with E-state index in [0.717, 1.165) is 17.1 Å². The zero-order valence-corrected chi connectivity index (χ0v) is 10.8. The van der Waals surface area contributed by atoms with Crippen molar-refractivity contribution in [1.82, 2.24) is 19.3 Å². The van der Waals surface area contributed by atoms with E-state index in [4.69, 9.17) is 5.73 Å². The van der Waals surface area contributed by atoms with Gasteiger partial charge in [-0.15, -0.1) is 0 Å². The molecule has 5 heteroatoms. The highest BCUT2D eigenvalue weighted by Gasteiger charge is 2.16. The summed E-state index contributed by atoms with van der Waals surface area (Å²) in [5, 5.41) is 4.49. The molecule has 17 heavy (non-hydrogen) atoms. The minimum atomic E-state index is -0.0438. The van der Waals surface area contributed by atoms with Crippen LogP contribution in [-0.2, 0) is 7.05 Å². The maximum absolute atomic E-state index is 5.94. The number of imidazole rings is 1. The maximum atomic E-state index is 5.94. The number of aryl methyl sites for hydroxylation is 1. The van der Waals surface area contributed by atoms with Crippen LogP contribution in [0.3, 0.4) is 0 Å². The molecule has 2 N–H and O–H groups in total. The molecule has 1 atom stereocenters. The van der Waals surface area contributed by atoms with Gasteiger partial charge >= 0.3 is 0 Å². The van der Waals surface area contributed by atoms with E-state index in [1.807, 2.05) is 35.6 Å². The van der Waals surface area contributed by atoms with E-state index in [9.17, 15) is 0 Å². The van der Waals surface area contributed by atoms with Gasteiger partial charge in [0.15, 0.2) is 0 Å². The normalized spacial score (nSPS) is 13.3. The van der Waals surface area contributed by atoms with Crippen LogP contribution in [0.25, 0.3) is 5.69 Å². The van der Waals surface area contributed by atoms with E-state index >= 15 is 0 Å². The van der Waals surface area contributed by atoms with E-state index in [1.54, 1.807) is 6.33 Å². The number of aromatic nitrogens is 4. The first-order chi connectivity index (χ1) is 8.00. The smallest absolute Gasteiger partial charge is 0.0995 e. The molecule has 0 unspecified atom stereocenters. The first kappa shape index (κ1) is 11.9. The van der Waals surface area contributed by atoms with Gasteiger partial charge in [0.05, 0.1) is 29.6 Å². The SMILES string of the molecule is CC(C)c1nn(C)cc1-n1cncc1[C@@H](C)N. The Morgan fingerprint density at radius 2 is 2.00 bits per heavy atom. The number of hydrogen-bond acceptors (Lipinski definition) is 3. The lowest BCUT2D eigenvalue weighted by atomic mass is 10.1. The maximum Gasteiger partial charge on any atom is 0.0995 e. The quantitative estimate of drug-likeness (QED) is 0.878. The molecule has 0 saturated heterocycles. The fraction of sp³-hybridized carbons (Fsp3) is 0.500. The molecule has 2 aromatic heterocycles. The number of hydrogen-bond donors (Lipinski definition) is 1. The van der Waals surface area contributed by atoms with Gasteiger partial charge in [0.2, 0.25) is 0 Å². The lowest BCUT2D eigenvalue weighted by molar-refractivity contribution is 0.710. The minimum Gasteiger partial charge on any atom is -0.323 e. The Morgan fingerprint density at radius 1 is 1.29 bits per heavy atom. The fourth-order valence-electron chi connectivity index (χ4n) is 1.93. The molecular formula is C12H19N5. The highest BCUT2D eigenvalue weighted by Crippen LogP contribution is 2.23. The summed E-state index contributed by atoms with van der Waals surface area (Å²) in [6.45, 7) is 6.22. The van der Waals surface area contributed by atoms with Gasteiger partial charge in [-0.05, 0) is 12.8 Å². The second-order valence-electron chi connectivity index (χ2n) is 4.71. The summed E-state index contributed by atoms with van der Waals surface area (Å²) in [4.78, 5) is 4.18. The largest absolute Gasteiger partial charge is 0.323 e. The van der Waals surface area contributed by atoms with Crippen LogP contribution in [0.15, 0.2) is 18.7 Å². The summed E-state index contributed by atoms with van der Waals surface area (Å²) >= 11 is 0. The number of nitrogens with two attached hydrogens (primary N) is 1. The second kappa shape index (κ2) is 4.33. The van der Waals surface area contributed by atoms with Crippen LogP contribution in [0.4, 0.5) is 0 Å². The second-order valence-corrected chi connectivity index (χ2v) is 4.71. The van der Waals surface area contributed by atoms with Gasteiger partial charge in [0.1, 0.15) is 0 Å². The van der Waals surface area contributed by atoms with Crippen molar-refractivity contribution < 1.29 is 0 Å². The molecular weight excluding hydrogens is 214 g/mol. The summed E-state index contributed by atoms with van der Waals surface area (Å²) in [7, 11) is 1.93. The van der Waals surface area contributed by atoms with Gasteiger partial charge in [-0.2, -0.15) is 5.10 Å². The Labute approximate surface area is 101 Å². The summed E-state index contributed by atoms with van der Waals surface area (Å²) in [6, 6.07) is -0.0438. The average Bonchev–Trinajstić information content (AvgIpc) is 2.82. The van der Waals surface area contributed by atoms with Crippen LogP contribution < -0.4 is 5.73 Å². The van der Waals surface area contributed by atoms with Crippen LogP contribution in [0, 0.1) is 0 Å². The van der Waals surface area contributed by atoms with Gasteiger partial charge in [-0.25, -0.2) is 4.98 Å². The summed E-state index contributed by atoms with van der Waals surface area (Å²) in [6.07, 6.45) is 5.60. The topological polar surface area (TPSA) is 61.7 Å². The number of rotatable bonds is 3. The number of nitrogens with zero attached hydrogens (tertiary/aromatic N) is 4. The van der Waals surface area contributed by atoms with Crippen molar-refractivity contribution in [2.45, 2.75) is 32.7 Å². The van der Waals surface area contributed by atoms with Crippen molar-refractivity contribution in [1.29, 1.82) is 0 Å². The molecule has 0 aliphatic carbocycles. The van der Waals surface area contributed by atoms with Crippen molar-refractivity contribution >= 4 is 0 Å². The molecule has 0 spiro atoms. The monoisotopic (exact) mass is 233 g/mol. The summed E-state index contributed by atoms with van der Waals surface area (Å²) in [5.41, 5.74) is 9.07. The molecule has 2 rings (SSSR count). The van der Waals surface area contributed by atoms with E-state index in [1.165, 1.54) is 0 Å². The third-order valence-electron chi connectivity index (χ3n) is 2.78. The van der Waals surface area contributed by atoms with Gasteiger partial charge in [0.25, 0.3) is 0 Å². The molecule has 0 saturated carbocycles. The van der Waals surface area contributed by atoms with E-state index in [2.05, 4.69) is 23.9 Å². The first-order valence-corrected chi connectivity index (χ1v) is 5.82. The molecule has 92 valence electrons. The molecule has 0 bridgehead atoms. The molecule has 0 aliphatic rings. The van der Waals surface area contributed by atoms with Gasteiger partial charge in [-0.1, -0.05) is 13.8 Å². The van der Waals surface area contributed by atoms with Crippen LogP contribution >= 0.6 is 0 Å². The van der Waals surface area contributed by atoms with Gasteiger partial charge in [0, 0.05) is 19.3 Å². The third kappa shape index (κ3) is 2.10. The Balaban J connectivity index is 2.56.